The van der Waals surface area contributed by atoms with Crippen LogP contribution in [-0.4, -0.2) is 32.9 Å². The van der Waals surface area contributed by atoms with E-state index >= 15 is 0 Å². The van der Waals surface area contributed by atoms with Crippen molar-refractivity contribution in [1.82, 2.24) is 5.43 Å². The van der Waals surface area contributed by atoms with E-state index in [9.17, 15) is 4.79 Å². The highest BCUT2D eigenvalue weighted by Gasteiger charge is 2.73. The van der Waals surface area contributed by atoms with Crippen LogP contribution >= 0.6 is 0 Å². The third-order valence-electron chi connectivity index (χ3n) is 16.6. The molecule has 0 radical (unpaired) electrons. The van der Waals surface area contributed by atoms with Gasteiger partial charge in [-0.3, -0.25) is 4.79 Å². The lowest BCUT2D eigenvalue weighted by Gasteiger charge is -2.73. The number of fused-ring (bicyclic) bond motifs is 8. The van der Waals surface area contributed by atoms with Gasteiger partial charge in [0.25, 0.3) is 0 Å². The molecule has 0 aromatic heterocycles. The average molecular weight is 616 g/mol. The molecule has 5 fully saturated rings. The highest BCUT2D eigenvalue weighted by atomic mass is 16.5. The van der Waals surface area contributed by atoms with Crippen LogP contribution in [0, 0.1) is 68.5 Å². The Morgan fingerprint density at radius 3 is 2.27 bits per heavy atom. The first-order chi connectivity index (χ1) is 21.2. The van der Waals surface area contributed by atoms with E-state index in [0.717, 1.165) is 42.2 Å². The van der Waals surface area contributed by atoms with Crippen molar-refractivity contribution in [2.45, 2.75) is 112 Å². The van der Waals surface area contributed by atoms with Gasteiger partial charge in [0.15, 0.2) is 0 Å². The first kappa shape index (κ1) is 31.6. The molecule has 2 unspecified atom stereocenters. The molecule has 1 heterocycles. The number of esters is 1. The molecule has 7 rings (SSSR count). The van der Waals surface area contributed by atoms with Gasteiger partial charge in [0.2, 0.25) is 0 Å². The Labute approximate surface area is 273 Å². The molecule has 5 nitrogen and oxygen atoms in total. The van der Waals surface area contributed by atoms with Crippen molar-refractivity contribution in [3.63, 3.8) is 0 Å². The van der Waals surface area contributed by atoms with E-state index in [2.05, 4.69) is 97.2 Å². The predicted molar refractivity (Wildman–Crippen MR) is 184 cm³/mol. The van der Waals surface area contributed by atoms with E-state index in [1.165, 1.54) is 56.2 Å². The van der Waals surface area contributed by atoms with Gasteiger partial charge in [0.05, 0.1) is 18.9 Å². The molecule has 5 saturated carbocycles. The number of carbonyl (C=O) groups is 1. The number of benzene rings is 1. The van der Waals surface area contributed by atoms with Crippen LogP contribution in [0.2, 0.25) is 0 Å². The summed E-state index contributed by atoms with van der Waals surface area (Å²) in [7, 11) is 5.76. The van der Waals surface area contributed by atoms with E-state index in [4.69, 9.17) is 9.84 Å². The number of hydrogen-bond acceptors (Lipinski definition) is 5. The quantitative estimate of drug-likeness (QED) is 0.345. The summed E-state index contributed by atoms with van der Waals surface area (Å²) in [6.07, 6.45) is 11.6. The molecule has 5 aliphatic carbocycles. The molecule has 248 valence electrons. The van der Waals surface area contributed by atoms with Crippen molar-refractivity contribution in [2.75, 3.05) is 26.1 Å². The second-order valence-electron chi connectivity index (χ2n) is 18.3. The van der Waals surface area contributed by atoms with E-state index in [-0.39, 0.29) is 34.7 Å². The first-order valence-electron chi connectivity index (χ1n) is 18.3. The Kier molecular flexibility index (Phi) is 7.17. The SMILES string of the molecule is COC(=O)[C@@]1(C)C2=NNC(c3ccc(N(C)C)cc3)C2C[C@]2(C)[C@H]3CC[C@@H]4[C@@H]5[C@@H](C)[C@H](C)CC[C@]5(C)CC[C@@]4(C)[C@]3(C)CC[C@@H]12. The van der Waals surface area contributed by atoms with E-state index in [1.807, 2.05) is 0 Å². The fourth-order valence-electron chi connectivity index (χ4n) is 13.9. The van der Waals surface area contributed by atoms with Crippen LogP contribution in [0.4, 0.5) is 5.69 Å². The van der Waals surface area contributed by atoms with Gasteiger partial charge in [0.1, 0.15) is 5.41 Å². The summed E-state index contributed by atoms with van der Waals surface area (Å²) >= 11 is 0. The van der Waals surface area contributed by atoms with Crippen molar-refractivity contribution in [2.24, 2.45) is 73.6 Å². The van der Waals surface area contributed by atoms with Crippen molar-refractivity contribution in [3.05, 3.63) is 29.8 Å². The highest BCUT2D eigenvalue weighted by molar-refractivity contribution is 6.09. The summed E-state index contributed by atoms with van der Waals surface area (Å²) in [4.78, 5) is 16.2. The van der Waals surface area contributed by atoms with Crippen LogP contribution in [-0.2, 0) is 9.53 Å². The fraction of sp³-hybridized carbons (Fsp3) is 0.800. The lowest BCUT2D eigenvalue weighted by atomic mass is 9.30. The van der Waals surface area contributed by atoms with E-state index in [1.54, 1.807) is 7.11 Å². The molecule has 5 heteroatoms. The van der Waals surface area contributed by atoms with Gasteiger partial charge >= 0.3 is 5.97 Å². The summed E-state index contributed by atoms with van der Waals surface area (Å²) in [5.74, 6) is 4.21. The molecule has 13 atom stereocenters. The van der Waals surface area contributed by atoms with Gasteiger partial charge in [-0.1, -0.05) is 53.7 Å². The largest absolute Gasteiger partial charge is 0.468 e. The maximum atomic E-state index is 14.0. The van der Waals surface area contributed by atoms with Crippen molar-refractivity contribution in [3.8, 4) is 0 Å². The van der Waals surface area contributed by atoms with Gasteiger partial charge in [-0.15, -0.1) is 0 Å². The Bertz CT molecular complexity index is 1370. The molecular formula is C40H61N3O2. The number of anilines is 1. The van der Waals surface area contributed by atoms with Gasteiger partial charge in [-0.2, -0.15) is 5.10 Å². The standard InChI is InChI=1S/C40H61N3O2/c1-24-17-19-36(3)21-22-38(5)29(32(36)25(24)2)15-16-30-37(4)23-28-33(26-11-13-27(14-12-26)43(8)9)41-42-34(28)40(7,35(44)45-10)31(37)18-20-39(30,38)6/h11-14,24-25,28-33,41H,15-23H2,1-10H3/t24-,25+,28?,29-,30-,31-,32+,33?,36-,37-,38-,39-,40-/m1/s1. The van der Waals surface area contributed by atoms with E-state index in [0.29, 0.717) is 16.7 Å². The molecule has 1 aromatic carbocycles. The molecule has 0 spiro atoms. The highest BCUT2D eigenvalue weighted by Crippen LogP contribution is 2.77. The van der Waals surface area contributed by atoms with Crippen LogP contribution in [0.5, 0.6) is 0 Å². The monoisotopic (exact) mass is 615 g/mol. The van der Waals surface area contributed by atoms with Crippen LogP contribution in [0.1, 0.15) is 118 Å². The molecule has 6 aliphatic rings. The van der Waals surface area contributed by atoms with Crippen molar-refractivity contribution < 1.29 is 9.53 Å². The third kappa shape index (κ3) is 4.03. The molecule has 1 N–H and O–H groups in total. The second-order valence-corrected chi connectivity index (χ2v) is 18.3. The molecular weight excluding hydrogens is 554 g/mol. The minimum atomic E-state index is -0.713. The molecule has 1 aliphatic heterocycles. The summed E-state index contributed by atoms with van der Waals surface area (Å²) in [5, 5.41) is 5.04. The Morgan fingerprint density at radius 2 is 1.60 bits per heavy atom. The van der Waals surface area contributed by atoms with Crippen molar-refractivity contribution in [1.29, 1.82) is 0 Å². The van der Waals surface area contributed by atoms with Crippen LogP contribution in [0.15, 0.2) is 29.4 Å². The van der Waals surface area contributed by atoms with Crippen LogP contribution < -0.4 is 10.3 Å². The molecule has 1 aromatic rings. The average Bonchev–Trinajstić information content (AvgIpc) is 3.43. The Balaban J connectivity index is 1.29. The predicted octanol–water partition coefficient (Wildman–Crippen LogP) is 8.89. The number of carbonyl (C=O) groups excluding carboxylic acids is 1. The van der Waals surface area contributed by atoms with Gasteiger partial charge in [-0.25, -0.2) is 0 Å². The van der Waals surface area contributed by atoms with Gasteiger partial charge < -0.3 is 15.1 Å². The molecule has 0 bridgehead atoms. The molecule has 0 amide bonds. The molecule has 0 saturated heterocycles. The maximum absolute atomic E-state index is 14.0. The topological polar surface area (TPSA) is 53.9 Å². The summed E-state index contributed by atoms with van der Waals surface area (Å²) in [6.45, 7) is 18.0. The minimum Gasteiger partial charge on any atom is -0.468 e. The summed E-state index contributed by atoms with van der Waals surface area (Å²) in [6, 6.07) is 9.03. The number of methoxy groups -OCH3 is 1. The number of nitrogens with zero attached hydrogens (tertiary/aromatic N) is 2. The number of ether oxygens (including phenoxy) is 1. The Morgan fingerprint density at radius 1 is 0.889 bits per heavy atom. The zero-order chi connectivity index (χ0) is 32.3. The van der Waals surface area contributed by atoms with E-state index < -0.39 is 5.41 Å². The lowest BCUT2D eigenvalue weighted by Crippen LogP contribution is -2.69. The number of hydrazone groups is 1. The van der Waals surface area contributed by atoms with Gasteiger partial charge in [0, 0.05) is 25.7 Å². The number of hydrogen-bond donors (Lipinski definition) is 1. The Hall–Kier alpha value is -2.04. The fourth-order valence-corrected chi connectivity index (χ4v) is 13.9. The zero-order valence-electron chi connectivity index (χ0n) is 30.0. The first-order valence-corrected chi connectivity index (χ1v) is 18.3. The second kappa shape index (κ2) is 10.2. The maximum Gasteiger partial charge on any atom is 0.317 e. The number of rotatable bonds is 3. The molecule has 45 heavy (non-hydrogen) atoms. The van der Waals surface area contributed by atoms with Crippen molar-refractivity contribution >= 4 is 17.4 Å². The summed E-state index contributed by atoms with van der Waals surface area (Å²) < 4.78 is 5.68. The zero-order valence-corrected chi connectivity index (χ0v) is 30.0. The minimum absolute atomic E-state index is 0.0354. The smallest absolute Gasteiger partial charge is 0.317 e. The lowest BCUT2D eigenvalue weighted by molar-refractivity contribution is -0.243. The third-order valence-corrected chi connectivity index (χ3v) is 16.6. The summed E-state index contributed by atoms with van der Waals surface area (Å²) in [5.41, 5.74) is 7.51. The van der Waals surface area contributed by atoms with Gasteiger partial charge in [-0.05, 0) is 140 Å². The normalized spacial score (nSPS) is 50.0. The van der Waals surface area contributed by atoms with Crippen LogP contribution in [0.25, 0.3) is 0 Å². The number of nitrogens with one attached hydrogen (secondary N) is 1. The van der Waals surface area contributed by atoms with Crippen LogP contribution in [0.3, 0.4) is 0 Å².